The fourth-order valence-electron chi connectivity index (χ4n) is 4.06. The number of hydrogen-bond donors (Lipinski definition) is 2. The first-order valence-corrected chi connectivity index (χ1v) is 11.5. The molecular weight excluding hydrogens is 421 g/mol. The molecular formula is C25H32FN5O2. The molecule has 1 aromatic carbocycles. The smallest absolute Gasteiger partial charge is 0.317 e. The van der Waals surface area contributed by atoms with E-state index in [0.29, 0.717) is 24.9 Å². The number of halogens is 1. The van der Waals surface area contributed by atoms with Crippen molar-refractivity contribution in [3.63, 3.8) is 0 Å². The molecule has 0 spiro atoms. The summed E-state index contributed by atoms with van der Waals surface area (Å²) in [7, 11) is 0. The van der Waals surface area contributed by atoms with Crippen LogP contribution in [0.5, 0.6) is 6.01 Å². The van der Waals surface area contributed by atoms with Crippen molar-refractivity contribution in [2.24, 2.45) is 0 Å². The predicted molar refractivity (Wildman–Crippen MR) is 125 cm³/mol. The van der Waals surface area contributed by atoms with Crippen LogP contribution < -0.4 is 10.1 Å². The molecule has 1 saturated carbocycles. The van der Waals surface area contributed by atoms with Crippen LogP contribution in [-0.4, -0.2) is 49.4 Å². The highest BCUT2D eigenvalue weighted by Crippen LogP contribution is 2.34. The van der Waals surface area contributed by atoms with Crippen LogP contribution >= 0.6 is 0 Å². The number of hydrogen-bond acceptors (Lipinski definition) is 6. The number of rotatable bonds is 7. The van der Waals surface area contributed by atoms with Gasteiger partial charge in [-0.1, -0.05) is 0 Å². The Kier molecular flexibility index (Phi) is 7.05. The van der Waals surface area contributed by atoms with Crippen molar-refractivity contribution in [1.29, 1.82) is 0 Å². The number of aliphatic hydroxyl groups excluding tert-OH is 1. The molecule has 2 heterocycles. The second-order valence-electron chi connectivity index (χ2n) is 9.58. The van der Waals surface area contributed by atoms with E-state index in [2.05, 4.69) is 40.6 Å². The molecule has 1 aliphatic carbocycles. The van der Waals surface area contributed by atoms with Gasteiger partial charge in [-0.15, -0.1) is 0 Å². The number of benzene rings is 1. The standard InChI is InChI=1S/C25H32FN5O2/c1-25(2,3)28-14-15-33-24-27-13-12-21(30-24)23-29-22(17-4-6-18(26)7-5-17)16-31(23)19-8-10-20(32)11-9-19/h4-7,12-13,16,19-20,28,32H,8-11,14-15H2,1-3H3. The van der Waals surface area contributed by atoms with Crippen molar-refractivity contribution < 1.29 is 14.2 Å². The first-order chi connectivity index (χ1) is 15.8. The fraction of sp³-hybridized carbons (Fsp3) is 0.480. The average molecular weight is 454 g/mol. The summed E-state index contributed by atoms with van der Waals surface area (Å²) in [4.78, 5) is 13.7. The van der Waals surface area contributed by atoms with E-state index in [9.17, 15) is 9.50 Å². The summed E-state index contributed by atoms with van der Waals surface area (Å²) in [6.45, 7) is 7.45. The highest BCUT2D eigenvalue weighted by molar-refractivity contribution is 5.63. The monoisotopic (exact) mass is 453 g/mol. The van der Waals surface area contributed by atoms with Gasteiger partial charge in [0.2, 0.25) is 0 Å². The molecule has 176 valence electrons. The van der Waals surface area contributed by atoms with Gasteiger partial charge in [-0.2, -0.15) is 4.98 Å². The van der Waals surface area contributed by atoms with Crippen molar-refractivity contribution in [3.8, 4) is 28.8 Å². The summed E-state index contributed by atoms with van der Waals surface area (Å²) >= 11 is 0. The summed E-state index contributed by atoms with van der Waals surface area (Å²) in [5.41, 5.74) is 2.28. The van der Waals surface area contributed by atoms with Crippen LogP contribution in [-0.2, 0) is 0 Å². The van der Waals surface area contributed by atoms with Crippen LogP contribution in [0.25, 0.3) is 22.8 Å². The largest absolute Gasteiger partial charge is 0.462 e. The molecule has 2 N–H and O–H groups in total. The van der Waals surface area contributed by atoms with E-state index in [1.54, 1.807) is 18.3 Å². The Labute approximate surface area is 194 Å². The van der Waals surface area contributed by atoms with Gasteiger partial charge in [0.25, 0.3) is 0 Å². The lowest BCUT2D eigenvalue weighted by Gasteiger charge is -2.27. The normalized spacial score (nSPS) is 18.9. The van der Waals surface area contributed by atoms with E-state index in [-0.39, 0.29) is 23.5 Å². The number of aliphatic hydroxyl groups is 1. The molecule has 0 atom stereocenters. The van der Waals surface area contributed by atoms with E-state index in [1.807, 2.05) is 12.3 Å². The molecule has 4 rings (SSSR count). The van der Waals surface area contributed by atoms with Gasteiger partial charge in [0, 0.05) is 36.1 Å². The molecule has 0 aliphatic heterocycles. The van der Waals surface area contributed by atoms with Gasteiger partial charge in [-0.25, -0.2) is 14.4 Å². The molecule has 0 amide bonds. The first-order valence-electron chi connectivity index (χ1n) is 11.5. The Morgan fingerprint density at radius 3 is 2.48 bits per heavy atom. The van der Waals surface area contributed by atoms with Gasteiger partial charge in [0.15, 0.2) is 5.82 Å². The van der Waals surface area contributed by atoms with Crippen LogP contribution in [0.15, 0.2) is 42.7 Å². The van der Waals surface area contributed by atoms with Gasteiger partial charge in [0.1, 0.15) is 18.1 Å². The van der Waals surface area contributed by atoms with Crippen LogP contribution in [0.1, 0.15) is 52.5 Å². The van der Waals surface area contributed by atoms with Crippen molar-refractivity contribution in [2.75, 3.05) is 13.2 Å². The minimum atomic E-state index is -0.279. The van der Waals surface area contributed by atoms with E-state index >= 15 is 0 Å². The third kappa shape index (κ3) is 6.15. The minimum Gasteiger partial charge on any atom is -0.462 e. The zero-order chi connectivity index (χ0) is 23.4. The SMILES string of the molecule is CC(C)(C)NCCOc1nccc(-c2nc(-c3ccc(F)cc3)cn2C2CCC(O)CC2)n1. The molecule has 0 saturated heterocycles. The van der Waals surface area contributed by atoms with Crippen molar-refractivity contribution >= 4 is 0 Å². The summed E-state index contributed by atoms with van der Waals surface area (Å²) in [6, 6.07) is 8.67. The molecule has 3 aromatic rings. The van der Waals surface area contributed by atoms with Gasteiger partial charge < -0.3 is 19.7 Å². The van der Waals surface area contributed by atoms with E-state index < -0.39 is 0 Å². The first kappa shape index (κ1) is 23.3. The number of nitrogens with zero attached hydrogens (tertiary/aromatic N) is 4. The molecule has 1 fully saturated rings. The van der Waals surface area contributed by atoms with Gasteiger partial charge in [-0.3, -0.25) is 0 Å². The maximum atomic E-state index is 13.4. The molecule has 2 aromatic heterocycles. The number of aromatic nitrogens is 4. The third-order valence-electron chi connectivity index (χ3n) is 5.78. The van der Waals surface area contributed by atoms with Gasteiger partial charge >= 0.3 is 6.01 Å². The second kappa shape index (κ2) is 9.97. The summed E-state index contributed by atoms with van der Waals surface area (Å²) < 4.78 is 21.3. The topological polar surface area (TPSA) is 85.1 Å². The molecule has 0 radical (unpaired) electrons. The Morgan fingerprint density at radius 1 is 1.06 bits per heavy atom. The van der Waals surface area contributed by atoms with E-state index in [4.69, 9.17) is 9.72 Å². The summed E-state index contributed by atoms with van der Waals surface area (Å²) in [5, 5.41) is 13.3. The van der Waals surface area contributed by atoms with Crippen LogP contribution in [0.3, 0.4) is 0 Å². The summed E-state index contributed by atoms with van der Waals surface area (Å²) in [5.74, 6) is 0.439. The Balaban J connectivity index is 1.60. The fourth-order valence-corrected chi connectivity index (χ4v) is 4.06. The second-order valence-corrected chi connectivity index (χ2v) is 9.58. The molecule has 0 unspecified atom stereocenters. The van der Waals surface area contributed by atoms with E-state index in [0.717, 1.165) is 42.8 Å². The molecule has 1 aliphatic rings. The lowest BCUT2D eigenvalue weighted by Crippen LogP contribution is -2.38. The maximum absolute atomic E-state index is 13.4. The van der Waals surface area contributed by atoms with Crippen molar-refractivity contribution in [2.45, 2.75) is 64.1 Å². The molecule has 8 heteroatoms. The van der Waals surface area contributed by atoms with Crippen LogP contribution in [0.2, 0.25) is 0 Å². The van der Waals surface area contributed by atoms with Gasteiger partial charge in [-0.05, 0) is 76.8 Å². The Hall–Kier alpha value is -2.84. The lowest BCUT2D eigenvalue weighted by atomic mass is 9.93. The third-order valence-corrected chi connectivity index (χ3v) is 5.78. The number of ether oxygens (including phenoxy) is 1. The van der Waals surface area contributed by atoms with E-state index in [1.165, 1.54) is 12.1 Å². The molecule has 0 bridgehead atoms. The Morgan fingerprint density at radius 2 is 1.79 bits per heavy atom. The van der Waals surface area contributed by atoms with Crippen LogP contribution in [0.4, 0.5) is 4.39 Å². The zero-order valence-corrected chi connectivity index (χ0v) is 19.5. The highest BCUT2D eigenvalue weighted by Gasteiger charge is 2.25. The number of nitrogens with one attached hydrogen (secondary N) is 1. The quantitative estimate of drug-likeness (QED) is 0.516. The van der Waals surface area contributed by atoms with Crippen molar-refractivity contribution in [1.82, 2.24) is 24.8 Å². The van der Waals surface area contributed by atoms with Crippen molar-refractivity contribution in [3.05, 3.63) is 48.5 Å². The molecule has 7 nitrogen and oxygen atoms in total. The molecule has 33 heavy (non-hydrogen) atoms. The van der Waals surface area contributed by atoms with Gasteiger partial charge in [0.05, 0.1) is 11.8 Å². The lowest BCUT2D eigenvalue weighted by molar-refractivity contribution is 0.111. The zero-order valence-electron chi connectivity index (χ0n) is 19.5. The highest BCUT2D eigenvalue weighted by atomic mass is 19.1. The van der Waals surface area contributed by atoms with Crippen LogP contribution in [0, 0.1) is 5.82 Å². The maximum Gasteiger partial charge on any atom is 0.317 e. The summed E-state index contributed by atoms with van der Waals surface area (Å²) in [6.07, 6.45) is 6.67. The minimum absolute atomic E-state index is 0.0150. The average Bonchev–Trinajstić information content (AvgIpc) is 3.23. The number of imidazole rings is 1. The predicted octanol–water partition coefficient (Wildman–Crippen LogP) is 4.39. The Bertz CT molecular complexity index is 1050.